The van der Waals surface area contributed by atoms with Crippen LogP contribution in [0.5, 0.6) is 0 Å². The molecule has 0 amide bonds. The molecule has 0 bridgehead atoms. The molecule has 0 aliphatic carbocycles. The zero-order valence-electron chi connectivity index (χ0n) is 21.8. The monoisotopic (exact) mass is 457 g/mol. The van der Waals surface area contributed by atoms with Crippen molar-refractivity contribution in [2.45, 2.75) is 162 Å². The molecule has 1 aliphatic rings. The topological polar surface area (TPSA) is 4.44 Å². The molecule has 1 aliphatic heterocycles. The van der Waals surface area contributed by atoms with Gasteiger partial charge in [0.15, 0.2) is 0 Å². The minimum atomic E-state index is 0. The average molecular weight is 458 g/mol. The van der Waals surface area contributed by atoms with Crippen molar-refractivity contribution in [3.05, 3.63) is 0 Å². The second-order valence-corrected chi connectivity index (χ2v) is 10.6. The van der Waals surface area contributed by atoms with Crippen molar-refractivity contribution in [3.63, 3.8) is 0 Å². The Kier molecular flexibility index (Phi) is 25.1. The Morgan fingerprint density at radius 2 is 0.968 bits per heavy atom. The van der Waals surface area contributed by atoms with Crippen molar-refractivity contribution < 1.29 is 17.3 Å². The van der Waals surface area contributed by atoms with Crippen LogP contribution in [0.25, 0.3) is 0 Å². The molecule has 2 unspecified atom stereocenters. The first-order valence-corrected chi connectivity index (χ1v) is 14.7. The zero-order chi connectivity index (χ0) is 21.5. The molecule has 188 valence electrons. The van der Waals surface area contributed by atoms with Crippen molar-refractivity contribution >= 4 is 0 Å². The van der Waals surface area contributed by atoms with Crippen LogP contribution in [0.15, 0.2) is 0 Å². The molecule has 1 N–H and O–H groups in total. The number of hydrogen-bond acceptors (Lipinski definition) is 0. The number of unbranched alkanes of at least 4 members (excludes halogenated alkanes) is 18. The lowest BCUT2D eigenvalue weighted by Gasteiger charge is -2.30. The molecule has 1 heterocycles. The smallest absolute Gasteiger partial charge is 0.0799 e. The van der Waals surface area contributed by atoms with Crippen LogP contribution >= 0.6 is 0 Å². The molecule has 2 heteroatoms. The molecule has 2 atom stereocenters. The lowest BCUT2D eigenvalue weighted by molar-refractivity contribution is -0.909. The second kappa shape index (κ2) is 24.9. The Hall–Kier alpha value is 0.250. The molecule has 0 aromatic rings. The first-order chi connectivity index (χ1) is 14.9. The highest BCUT2D eigenvalue weighted by molar-refractivity contribution is 4.62. The van der Waals surface area contributed by atoms with Crippen molar-refractivity contribution in [2.24, 2.45) is 5.92 Å². The summed E-state index contributed by atoms with van der Waals surface area (Å²) in [5.74, 6) is 1.05. The van der Waals surface area contributed by atoms with E-state index in [0.717, 1.165) is 5.92 Å². The Bertz CT molecular complexity index is 303. The fraction of sp³-hybridized carbons (Fsp3) is 1.00. The van der Waals surface area contributed by atoms with Crippen LogP contribution in [0.2, 0.25) is 0 Å². The van der Waals surface area contributed by atoms with Crippen molar-refractivity contribution in [1.29, 1.82) is 0 Å². The molecular formula is C29H60ClN. The van der Waals surface area contributed by atoms with Gasteiger partial charge in [-0.2, -0.15) is 0 Å². The zero-order valence-corrected chi connectivity index (χ0v) is 22.6. The van der Waals surface area contributed by atoms with Crippen LogP contribution < -0.4 is 17.3 Å². The van der Waals surface area contributed by atoms with E-state index in [1.165, 1.54) is 167 Å². The second-order valence-electron chi connectivity index (χ2n) is 10.6. The van der Waals surface area contributed by atoms with Crippen LogP contribution in [0, 0.1) is 5.92 Å². The van der Waals surface area contributed by atoms with E-state index in [1.54, 1.807) is 0 Å². The van der Waals surface area contributed by atoms with Crippen molar-refractivity contribution in [3.8, 4) is 0 Å². The number of halogens is 1. The molecule has 0 aromatic carbocycles. The highest BCUT2D eigenvalue weighted by atomic mass is 35.5. The fourth-order valence-corrected chi connectivity index (χ4v) is 5.51. The normalized spacial score (nSPS) is 18.8. The van der Waals surface area contributed by atoms with Crippen LogP contribution in [0.3, 0.4) is 0 Å². The first-order valence-electron chi connectivity index (χ1n) is 14.7. The van der Waals surface area contributed by atoms with Gasteiger partial charge in [0.2, 0.25) is 0 Å². The fourth-order valence-electron chi connectivity index (χ4n) is 5.51. The van der Waals surface area contributed by atoms with Gasteiger partial charge in [-0.15, -0.1) is 0 Å². The van der Waals surface area contributed by atoms with Crippen molar-refractivity contribution in [2.75, 3.05) is 19.6 Å². The van der Waals surface area contributed by atoms with Gasteiger partial charge in [0.1, 0.15) is 0 Å². The number of rotatable bonds is 22. The third-order valence-corrected chi connectivity index (χ3v) is 7.57. The summed E-state index contributed by atoms with van der Waals surface area (Å²) in [6.07, 6.45) is 34.0. The molecule has 0 radical (unpaired) electrons. The maximum Gasteiger partial charge on any atom is 0.0799 e. The van der Waals surface area contributed by atoms with Crippen molar-refractivity contribution in [1.82, 2.24) is 0 Å². The minimum absolute atomic E-state index is 0. The highest BCUT2D eigenvalue weighted by Crippen LogP contribution is 2.18. The summed E-state index contributed by atoms with van der Waals surface area (Å²) in [6.45, 7) is 9.04. The molecule has 1 saturated heterocycles. The van der Waals surface area contributed by atoms with Crippen LogP contribution in [-0.4, -0.2) is 19.6 Å². The third kappa shape index (κ3) is 20.6. The summed E-state index contributed by atoms with van der Waals surface area (Å²) in [5, 5.41) is 0. The van der Waals surface area contributed by atoms with E-state index in [4.69, 9.17) is 0 Å². The van der Waals surface area contributed by atoms with E-state index in [1.807, 2.05) is 4.90 Å². The SMILES string of the molecule is CCCCCCCCCCCCC1CCC[NH+](CCCCCCCCCCCC)C1.[Cl-]. The average Bonchev–Trinajstić information content (AvgIpc) is 2.76. The number of likely N-dealkylation sites (tertiary alicyclic amines) is 1. The summed E-state index contributed by atoms with van der Waals surface area (Å²) in [5.41, 5.74) is 0. The molecule has 0 spiro atoms. The summed E-state index contributed by atoms with van der Waals surface area (Å²) in [4.78, 5) is 1.94. The molecule has 1 fully saturated rings. The van der Waals surface area contributed by atoms with Gasteiger partial charge in [0.25, 0.3) is 0 Å². The van der Waals surface area contributed by atoms with Gasteiger partial charge in [0.05, 0.1) is 19.6 Å². The van der Waals surface area contributed by atoms with Gasteiger partial charge in [-0.3, -0.25) is 0 Å². The summed E-state index contributed by atoms with van der Waals surface area (Å²) < 4.78 is 0. The molecule has 0 aromatic heterocycles. The first kappa shape index (κ1) is 31.2. The Labute approximate surface area is 204 Å². The van der Waals surface area contributed by atoms with E-state index in [-0.39, 0.29) is 12.4 Å². The third-order valence-electron chi connectivity index (χ3n) is 7.57. The molecule has 1 rings (SSSR count). The summed E-state index contributed by atoms with van der Waals surface area (Å²) in [7, 11) is 0. The Morgan fingerprint density at radius 3 is 1.45 bits per heavy atom. The predicted octanol–water partition coefficient (Wildman–Crippen LogP) is 5.52. The maximum absolute atomic E-state index is 2.31. The van der Waals surface area contributed by atoms with E-state index >= 15 is 0 Å². The largest absolute Gasteiger partial charge is 1.00 e. The lowest BCUT2D eigenvalue weighted by Crippen LogP contribution is -3.13. The molecule has 1 nitrogen and oxygen atoms in total. The Morgan fingerprint density at radius 1 is 0.548 bits per heavy atom. The maximum atomic E-state index is 2.31. The molecule has 0 saturated carbocycles. The Balaban J connectivity index is 0.00000900. The van der Waals surface area contributed by atoms with Gasteiger partial charge < -0.3 is 17.3 Å². The summed E-state index contributed by atoms with van der Waals surface area (Å²) in [6, 6.07) is 0. The molecule has 31 heavy (non-hydrogen) atoms. The van der Waals surface area contributed by atoms with Gasteiger partial charge >= 0.3 is 0 Å². The molecular weight excluding hydrogens is 398 g/mol. The van der Waals surface area contributed by atoms with Gasteiger partial charge in [-0.1, -0.05) is 129 Å². The van der Waals surface area contributed by atoms with E-state index in [9.17, 15) is 0 Å². The standard InChI is InChI=1S/C29H59N.ClH/c1-3-5-7-9-11-13-15-17-19-21-24-29-25-23-27-30(28-29)26-22-20-18-16-14-12-10-8-6-4-2;/h29H,3-28H2,1-2H3;1H. The van der Waals surface area contributed by atoms with Gasteiger partial charge in [0, 0.05) is 5.92 Å². The summed E-state index contributed by atoms with van der Waals surface area (Å²) >= 11 is 0. The van der Waals surface area contributed by atoms with E-state index in [2.05, 4.69) is 13.8 Å². The van der Waals surface area contributed by atoms with Gasteiger partial charge in [-0.25, -0.2) is 0 Å². The van der Waals surface area contributed by atoms with E-state index in [0.29, 0.717) is 0 Å². The minimum Gasteiger partial charge on any atom is -1.00 e. The van der Waals surface area contributed by atoms with Gasteiger partial charge in [-0.05, 0) is 32.1 Å². The lowest BCUT2D eigenvalue weighted by atomic mass is 9.92. The highest BCUT2D eigenvalue weighted by Gasteiger charge is 2.22. The quantitative estimate of drug-likeness (QED) is 0.204. The van der Waals surface area contributed by atoms with Crippen LogP contribution in [-0.2, 0) is 0 Å². The van der Waals surface area contributed by atoms with E-state index < -0.39 is 0 Å². The van der Waals surface area contributed by atoms with Crippen LogP contribution in [0.1, 0.15) is 162 Å². The number of hydrogen-bond donors (Lipinski definition) is 1. The number of quaternary nitrogens is 1. The number of piperidine rings is 1. The number of nitrogens with one attached hydrogen (secondary N) is 1. The predicted molar refractivity (Wildman–Crippen MR) is 137 cm³/mol. The van der Waals surface area contributed by atoms with Crippen LogP contribution in [0.4, 0.5) is 0 Å².